The number of carbonyl (C=O) groups excluding carboxylic acids is 2. The molecule has 0 spiro atoms. The molecular formula is C8H9F3N2O4. The molecule has 0 saturated carbocycles. The van der Waals surface area contributed by atoms with Crippen molar-refractivity contribution in [3.63, 3.8) is 0 Å². The monoisotopic (exact) mass is 254 g/mol. The van der Waals surface area contributed by atoms with E-state index in [4.69, 9.17) is 10.4 Å². The van der Waals surface area contributed by atoms with E-state index in [1.54, 1.807) is 0 Å². The van der Waals surface area contributed by atoms with Gasteiger partial charge in [-0.25, -0.2) is 4.79 Å². The van der Waals surface area contributed by atoms with Gasteiger partial charge >= 0.3 is 17.9 Å². The van der Waals surface area contributed by atoms with Gasteiger partial charge in [-0.05, 0) is 6.92 Å². The Morgan fingerprint density at radius 1 is 1.47 bits per heavy atom. The lowest BCUT2D eigenvalue weighted by atomic mass is 10.2. The summed E-state index contributed by atoms with van der Waals surface area (Å²) in [4.78, 5) is 21.8. The fourth-order valence-corrected chi connectivity index (χ4v) is 0.791. The third kappa shape index (κ3) is 3.60. The minimum Gasteiger partial charge on any atom is -0.462 e. The lowest BCUT2D eigenvalue weighted by molar-refractivity contribution is -0.271. The third-order valence-corrected chi connectivity index (χ3v) is 1.54. The van der Waals surface area contributed by atoms with Gasteiger partial charge in [-0.3, -0.25) is 4.79 Å². The summed E-state index contributed by atoms with van der Waals surface area (Å²) in [5.41, 5.74) is -4.14. The maximum atomic E-state index is 12.4. The van der Waals surface area contributed by atoms with Gasteiger partial charge in [0.2, 0.25) is 5.91 Å². The summed E-state index contributed by atoms with van der Waals surface area (Å²) in [7, 11) is 0. The van der Waals surface area contributed by atoms with Crippen LogP contribution in [0.1, 0.15) is 13.3 Å². The van der Waals surface area contributed by atoms with Crippen LogP contribution in [0.25, 0.3) is 0 Å². The Labute approximate surface area is 94.0 Å². The predicted octanol–water partition coefficient (Wildman–Crippen LogP) is -0.170. The normalized spacial score (nSPS) is 14.4. The van der Waals surface area contributed by atoms with Gasteiger partial charge in [-0.15, -0.1) is 0 Å². The topological polar surface area (TPSA) is 99.4 Å². The standard InChI is InChI=1S/C8H9F3N2O4/c1-2-17-6(15)7(16,8(9,10)11)13-5(14)3-4-12/h16H,2-3H2,1H3,(H,13,14). The van der Waals surface area contributed by atoms with Gasteiger partial charge in [0.05, 0.1) is 12.7 Å². The van der Waals surface area contributed by atoms with Gasteiger partial charge in [0.25, 0.3) is 0 Å². The number of amides is 1. The van der Waals surface area contributed by atoms with E-state index in [1.807, 2.05) is 0 Å². The predicted molar refractivity (Wildman–Crippen MR) is 46.0 cm³/mol. The van der Waals surface area contributed by atoms with E-state index < -0.39 is 36.8 Å². The Morgan fingerprint density at radius 3 is 2.35 bits per heavy atom. The highest BCUT2D eigenvalue weighted by molar-refractivity contribution is 5.88. The van der Waals surface area contributed by atoms with Crippen LogP contribution in [-0.4, -0.2) is 35.5 Å². The summed E-state index contributed by atoms with van der Waals surface area (Å²) in [5, 5.41) is 18.2. The minimum atomic E-state index is -5.45. The zero-order chi connectivity index (χ0) is 13.7. The number of halogens is 3. The molecule has 17 heavy (non-hydrogen) atoms. The van der Waals surface area contributed by atoms with Gasteiger partial charge in [0.1, 0.15) is 6.42 Å². The van der Waals surface area contributed by atoms with Gasteiger partial charge in [0, 0.05) is 0 Å². The second kappa shape index (κ2) is 5.49. The van der Waals surface area contributed by atoms with Crippen molar-refractivity contribution in [2.24, 2.45) is 0 Å². The Hall–Kier alpha value is -1.82. The Morgan fingerprint density at radius 2 is 2.00 bits per heavy atom. The molecule has 0 aromatic carbocycles. The van der Waals surface area contributed by atoms with Gasteiger partial charge < -0.3 is 15.2 Å². The first-order chi connectivity index (χ1) is 7.69. The van der Waals surface area contributed by atoms with Gasteiger partial charge in [-0.1, -0.05) is 0 Å². The van der Waals surface area contributed by atoms with E-state index in [2.05, 4.69) is 4.74 Å². The molecule has 1 unspecified atom stereocenters. The first kappa shape index (κ1) is 15.2. The fraction of sp³-hybridized carbons (Fsp3) is 0.625. The minimum absolute atomic E-state index is 0.411. The van der Waals surface area contributed by atoms with Gasteiger partial charge in [0.15, 0.2) is 0 Å². The molecular weight excluding hydrogens is 245 g/mol. The van der Waals surface area contributed by atoms with Crippen molar-refractivity contribution in [2.45, 2.75) is 25.2 Å². The van der Waals surface area contributed by atoms with Crippen LogP contribution in [0.3, 0.4) is 0 Å². The molecule has 0 fully saturated rings. The molecule has 0 aliphatic heterocycles. The van der Waals surface area contributed by atoms with Crippen LogP contribution in [0, 0.1) is 11.3 Å². The van der Waals surface area contributed by atoms with Crippen molar-refractivity contribution in [1.29, 1.82) is 5.26 Å². The number of esters is 1. The molecule has 0 rings (SSSR count). The van der Waals surface area contributed by atoms with Crippen LogP contribution in [0.15, 0.2) is 0 Å². The molecule has 0 saturated heterocycles. The van der Waals surface area contributed by atoms with E-state index in [9.17, 15) is 22.8 Å². The summed E-state index contributed by atoms with van der Waals surface area (Å²) in [6.45, 7) is 0.817. The fourth-order valence-electron chi connectivity index (χ4n) is 0.791. The van der Waals surface area contributed by atoms with Crippen LogP contribution in [0.4, 0.5) is 13.2 Å². The molecule has 9 heteroatoms. The van der Waals surface area contributed by atoms with Crippen LogP contribution >= 0.6 is 0 Å². The Bertz CT molecular complexity index is 350. The number of aliphatic hydroxyl groups is 1. The van der Waals surface area contributed by atoms with Crippen LogP contribution < -0.4 is 5.32 Å². The largest absolute Gasteiger partial charge is 0.462 e. The molecule has 0 radical (unpaired) electrons. The van der Waals surface area contributed by atoms with E-state index in [0.29, 0.717) is 0 Å². The smallest absolute Gasteiger partial charge is 0.448 e. The molecule has 0 heterocycles. The molecule has 0 bridgehead atoms. The highest BCUT2D eigenvalue weighted by Crippen LogP contribution is 2.29. The number of hydrogen-bond acceptors (Lipinski definition) is 5. The number of nitrogens with one attached hydrogen (secondary N) is 1. The van der Waals surface area contributed by atoms with Crippen molar-refractivity contribution in [3.05, 3.63) is 0 Å². The van der Waals surface area contributed by atoms with Crippen molar-refractivity contribution in [3.8, 4) is 6.07 Å². The number of hydrogen-bond donors (Lipinski definition) is 2. The number of nitriles is 1. The number of carbonyl (C=O) groups is 2. The first-order valence-electron chi connectivity index (χ1n) is 4.33. The summed E-state index contributed by atoms with van der Waals surface area (Å²) in [6.07, 6.45) is -6.39. The molecule has 1 amide bonds. The molecule has 0 aliphatic rings. The lowest BCUT2D eigenvalue weighted by Gasteiger charge is -2.28. The summed E-state index contributed by atoms with van der Waals surface area (Å²) in [5.74, 6) is -3.50. The molecule has 0 aliphatic carbocycles. The number of rotatable bonds is 4. The van der Waals surface area contributed by atoms with Crippen LogP contribution in [-0.2, 0) is 14.3 Å². The van der Waals surface area contributed by atoms with Crippen molar-refractivity contribution in [2.75, 3.05) is 6.61 Å². The quantitative estimate of drug-likeness (QED) is 0.536. The average molecular weight is 254 g/mol. The maximum Gasteiger partial charge on any atom is 0.448 e. The second-order valence-corrected chi connectivity index (χ2v) is 2.81. The Balaban J connectivity index is 5.07. The van der Waals surface area contributed by atoms with E-state index in [1.165, 1.54) is 13.0 Å². The second-order valence-electron chi connectivity index (χ2n) is 2.81. The highest BCUT2D eigenvalue weighted by Gasteiger charge is 2.62. The van der Waals surface area contributed by atoms with E-state index in [-0.39, 0.29) is 0 Å². The van der Waals surface area contributed by atoms with E-state index >= 15 is 0 Å². The van der Waals surface area contributed by atoms with Crippen molar-refractivity contribution in [1.82, 2.24) is 5.32 Å². The molecule has 0 aromatic rings. The summed E-state index contributed by atoms with van der Waals surface area (Å²) in [6, 6.07) is 1.27. The van der Waals surface area contributed by atoms with Gasteiger partial charge in [-0.2, -0.15) is 18.4 Å². The Kier molecular flexibility index (Phi) is 4.90. The maximum absolute atomic E-state index is 12.4. The SMILES string of the molecule is CCOC(=O)C(O)(NC(=O)CC#N)C(F)(F)F. The van der Waals surface area contributed by atoms with Crippen molar-refractivity contribution < 1.29 is 32.6 Å². The van der Waals surface area contributed by atoms with E-state index in [0.717, 1.165) is 5.32 Å². The molecule has 96 valence electrons. The average Bonchev–Trinajstić information content (AvgIpc) is 2.16. The van der Waals surface area contributed by atoms with Crippen LogP contribution in [0.2, 0.25) is 0 Å². The summed E-state index contributed by atoms with van der Waals surface area (Å²) >= 11 is 0. The van der Waals surface area contributed by atoms with Crippen molar-refractivity contribution >= 4 is 11.9 Å². The highest BCUT2D eigenvalue weighted by atomic mass is 19.4. The molecule has 2 N–H and O–H groups in total. The molecule has 1 atom stereocenters. The summed E-state index contributed by atoms with van der Waals surface area (Å²) < 4.78 is 41.3. The molecule has 0 aromatic heterocycles. The number of alkyl halides is 3. The zero-order valence-electron chi connectivity index (χ0n) is 8.67. The first-order valence-corrected chi connectivity index (χ1v) is 4.33. The lowest BCUT2D eigenvalue weighted by Crippen LogP contribution is -2.64. The number of ether oxygens (including phenoxy) is 1. The van der Waals surface area contributed by atoms with Crippen LogP contribution in [0.5, 0.6) is 0 Å². The third-order valence-electron chi connectivity index (χ3n) is 1.54. The zero-order valence-corrected chi connectivity index (χ0v) is 8.67. The molecule has 6 nitrogen and oxygen atoms in total. The number of nitrogens with zero attached hydrogens (tertiary/aromatic N) is 1.